The number of carbonyl (C=O) groups is 1. The molecule has 1 unspecified atom stereocenters. The molecule has 13 heavy (non-hydrogen) atoms. The molecule has 2 heteroatoms. The maximum atomic E-state index is 11.7. The van der Waals surface area contributed by atoms with Gasteiger partial charge in [-0.2, -0.15) is 0 Å². The van der Waals surface area contributed by atoms with Gasteiger partial charge >= 0.3 is 0 Å². The number of halogens is 1. The van der Waals surface area contributed by atoms with E-state index in [1.54, 1.807) is 12.1 Å². The van der Waals surface area contributed by atoms with E-state index in [4.69, 9.17) is 11.6 Å². The predicted octanol–water partition coefficient (Wildman–Crippen LogP) is 3.13. The molecule has 70 valence electrons. The van der Waals surface area contributed by atoms with Gasteiger partial charge in [-0.3, -0.25) is 4.79 Å². The molecule has 0 aromatic heterocycles. The minimum absolute atomic E-state index is 0.0114. The molecule has 1 atom stereocenters. The van der Waals surface area contributed by atoms with Crippen LogP contribution in [0, 0.1) is 5.92 Å². The highest BCUT2D eigenvalue weighted by molar-refractivity contribution is 6.34. The van der Waals surface area contributed by atoms with Crippen LogP contribution in [0.15, 0.2) is 30.3 Å². The molecule has 0 fully saturated rings. The summed E-state index contributed by atoms with van der Waals surface area (Å²) in [6.07, 6.45) is 0. The van der Waals surface area contributed by atoms with Crippen molar-refractivity contribution in [3.8, 4) is 0 Å². The van der Waals surface area contributed by atoms with Gasteiger partial charge in [-0.05, 0) is 5.92 Å². The second-order valence-electron chi connectivity index (χ2n) is 3.38. The molecule has 0 aliphatic rings. The minimum atomic E-state index is -0.414. The van der Waals surface area contributed by atoms with Crippen LogP contribution in [-0.2, 0) is 0 Å². The lowest BCUT2D eigenvalue weighted by molar-refractivity contribution is 0.0972. The first-order chi connectivity index (χ1) is 6.13. The molecular weight excluding hydrogens is 184 g/mol. The Balaban J connectivity index is 2.80. The molecule has 1 aromatic rings. The number of ketones is 1. The first-order valence-corrected chi connectivity index (χ1v) is 4.80. The zero-order valence-electron chi connectivity index (χ0n) is 7.83. The number of Topliss-reactive ketones (excluding diaryl/α,β-unsaturated/α-hetero) is 1. The van der Waals surface area contributed by atoms with Crippen molar-refractivity contribution in [3.63, 3.8) is 0 Å². The first-order valence-electron chi connectivity index (χ1n) is 4.36. The van der Waals surface area contributed by atoms with Gasteiger partial charge in [0, 0.05) is 5.56 Å². The van der Waals surface area contributed by atoms with Gasteiger partial charge in [-0.1, -0.05) is 44.2 Å². The van der Waals surface area contributed by atoms with Crippen LogP contribution in [0.5, 0.6) is 0 Å². The summed E-state index contributed by atoms with van der Waals surface area (Å²) in [5.41, 5.74) is 0.691. The predicted molar refractivity (Wildman–Crippen MR) is 55.3 cm³/mol. The molecule has 0 aliphatic carbocycles. The molecule has 0 saturated carbocycles. The smallest absolute Gasteiger partial charge is 0.180 e. The van der Waals surface area contributed by atoms with Crippen molar-refractivity contribution in [1.29, 1.82) is 0 Å². The summed E-state index contributed by atoms with van der Waals surface area (Å²) in [5, 5.41) is -0.414. The summed E-state index contributed by atoms with van der Waals surface area (Å²) in [6, 6.07) is 9.16. The van der Waals surface area contributed by atoms with Gasteiger partial charge in [-0.15, -0.1) is 11.6 Å². The van der Waals surface area contributed by atoms with E-state index in [0.29, 0.717) is 5.56 Å². The second-order valence-corrected chi connectivity index (χ2v) is 3.85. The van der Waals surface area contributed by atoms with Crippen LogP contribution in [0.25, 0.3) is 0 Å². The minimum Gasteiger partial charge on any atom is -0.292 e. The fourth-order valence-corrected chi connectivity index (χ4v) is 1.19. The van der Waals surface area contributed by atoms with Gasteiger partial charge in [0.2, 0.25) is 0 Å². The van der Waals surface area contributed by atoms with Crippen LogP contribution in [-0.4, -0.2) is 11.2 Å². The topological polar surface area (TPSA) is 17.1 Å². The van der Waals surface area contributed by atoms with E-state index in [2.05, 4.69) is 0 Å². The van der Waals surface area contributed by atoms with E-state index < -0.39 is 5.38 Å². The van der Waals surface area contributed by atoms with Crippen LogP contribution >= 0.6 is 11.6 Å². The highest BCUT2D eigenvalue weighted by atomic mass is 35.5. The first kappa shape index (κ1) is 10.3. The highest BCUT2D eigenvalue weighted by Gasteiger charge is 2.19. The summed E-state index contributed by atoms with van der Waals surface area (Å²) in [5.74, 6) is 0.187. The van der Waals surface area contributed by atoms with Gasteiger partial charge in [-0.25, -0.2) is 0 Å². The number of hydrogen-bond acceptors (Lipinski definition) is 1. The summed E-state index contributed by atoms with van der Waals surface area (Å²) in [6.45, 7) is 3.89. The third kappa shape index (κ3) is 2.56. The zero-order valence-corrected chi connectivity index (χ0v) is 8.58. The van der Waals surface area contributed by atoms with Crippen LogP contribution in [0.1, 0.15) is 24.2 Å². The SMILES string of the molecule is CC(C)C(Cl)C(=O)c1ccccc1. The van der Waals surface area contributed by atoms with Gasteiger partial charge in [0.25, 0.3) is 0 Å². The monoisotopic (exact) mass is 196 g/mol. The van der Waals surface area contributed by atoms with E-state index in [0.717, 1.165) is 0 Å². The van der Waals surface area contributed by atoms with E-state index in [1.165, 1.54) is 0 Å². The van der Waals surface area contributed by atoms with Crippen molar-refractivity contribution < 1.29 is 4.79 Å². The number of rotatable bonds is 3. The Bertz CT molecular complexity index is 279. The Hall–Kier alpha value is -0.820. The number of alkyl halides is 1. The largest absolute Gasteiger partial charge is 0.292 e. The molecule has 0 spiro atoms. The van der Waals surface area contributed by atoms with Gasteiger partial charge in [0.05, 0.1) is 5.38 Å². The molecule has 1 aromatic carbocycles. The fourth-order valence-electron chi connectivity index (χ4n) is 1.06. The molecule has 0 aliphatic heterocycles. The number of hydrogen-bond donors (Lipinski definition) is 0. The van der Waals surface area contributed by atoms with E-state index >= 15 is 0 Å². The van der Waals surface area contributed by atoms with E-state index in [1.807, 2.05) is 32.0 Å². The Morgan fingerprint density at radius 1 is 1.23 bits per heavy atom. The molecule has 0 amide bonds. The maximum Gasteiger partial charge on any atom is 0.180 e. The summed E-state index contributed by atoms with van der Waals surface area (Å²) >= 11 is 5.95. The third-order valence-electron chi connectivity index (χ3n) is 1.89. The maximum absolute atomic E-state index is 11.7. The van der Waals surface area contributed by atoms with Crippen LogP contribution < -0.4 is 0 Å². The molecule has 1 nitrogen and oxygen atoms in total. The van der Waals surface area contributed by atoms with Crippen molar-refractivity contribution in [2.45, 2.75) is 19.2 Å². The Morgan fingerprint density at radius 3 is 2.23 bits per heavy atom. The third-order valence-corrected chi connectivity index (χ3v) is 2.60. The van der Waals surface area contributed by atoms with E-state index in [9.17, 15) is 4.79 Å². The summed E-state index contributed by atoms with van der Waals surface area (Å²) < 4.78 is 0. The lowest BCUT2D eigenvalue weighted by Gasteiger charge is -2.11. The van der Waals surface area contributed by atoms with Crippen molar-refractivity contribution in [3.05, 3.63) is 35.9 Å². The van der Waals surface area contributed by atoms with Crippen molar-refractivity contribution in [1.82, 2.24) is 0 Å². The summed E-state index contributed by atoms with van der Waals surface area (Å²) in [4.78, 5) is 11.7. The Morgan fingerprint density at radius 2 is 1.77 bits per heavy atom. The standard InChI is InChI=1S/C11H13ClO/c1-8(2)10(12)11(13)9-6-4-3-5-7-9/h3-8,10H,1-2H3. The molecule has 0 radical (unpaired) electrons. The van der Waals surface area contributed by atoms with Crippen LogP contribution in [0.2, 0.25) is 0 Å². The molecular formula is C11H13ClO. The summed E-state index contributed by atoms with van der Waals surface area (Å²) in [7, 11) is 0. The van der Waals surface area contributed by atoms with Crippen molar-refractivity contribution in [2.24, 2.45) is 5.92 Å². The van der Waals surface area contributed by atoms with Crippen molar-refractivity contribution in [2.75, 3.05) is 0 Å². The number of benzene rings is 1. The molecule has 0 heterocycles. The van der Waals surface area contributed by atoms with Gasteiger partial charge < -0.3 is 0 Å². The van der Waals surface area contributed by atoms with E-state index in [-0.39, 0.29) is 11.7 Å². The molecule has 0 saturated heterocycles. The average Bonchev–Trinajstić information content (AvgIpc) is 2.17. The Labute approximate surface area is 83.7 Å². The number of carbonyl (C=O) groups excluding carboxylic acids is 1. The lowest BCUT2D eigenvalue weighted by Crippen LogP contribution is -2.20. The second kappa shape index (κ2) is 4.43. The average molecular weight is 197 g/mol. The Kier molecular flexibility index (Phi) is 3.49. The molecule has 0 bridgehead atoms. The van der Waals surface area contributed by atoms with Crippen LogP contribution in [0.4, 0.5) is 0 Å². The quantitative estimate of drug-likeness (QED) is 0.536. The normalized spacial score (nSPS) is 12.9. The molecule has 0 N–H and O–H groups in total. The van der Waals surface area contributed by atoms with Gasteiger partial charge in [0.15, 0.2) is 5.78 Å². The lowest BCUT2D eigenvalue weighted by atomic mass is 10.0. The zero-order chi connectivity index (χ0) is 9.84. The van der Waals surface area contributed by atoms with Crippen molar-refractivity contribution >= 4 is 17.4 Å². The van der Waals surface area contributed by atoms with Crippen LogP contribution in [0.3, 0.4) is 0 Å². The van der Waals surface area contributed by atoms with Gasteiger partial charge in [0.1, 0.15) is 0 Å². The fraction of sp³-hybridized carbons (Fsp3) is 0.364. The highest BCUT2D eigenvalue weighted by Crippen LogP contribution is 2.15. The molecule has 1 rings (SSSR count).